The van der Waals surface area contributed by atoms with Gasteiger partial charge in [0.2, 0.25) is 23.6 Å². The number of hydrogen-bond acceptors (Lipinski definition) is 7. The fraction of sp³-hybridized carbons (Fsp3) is 0.333. The Labute approximate surface area is 198 Å². The first-order valence-corrected chi connectivity index (χ1v) is 10.4. The van der Waals surface area contributed by atoms with Crippen molar-refractivity contribution in [2.45, 2.75) is 37.4 Å². The monoisotopic (exact) mass is 490 g/mol. The number of nitrogens with two attached hydrogens (primary N) is 2. The van der Waals surface area contributed by atoms with E-state index in [0.29, 0.717) is 5.56 Å². The summed E-state index contributed by atoms with van der Waals surface area (Å²) in [5, 5.41) is 25.2. The maximum absolute atomic E-state index is 12.9. The number of H-pyrrole nitrogens is 1. The molecule has 4 amide bonds. The van der Waals surface area contributed by atoms with Gasteiger partial charge in [-0.05, 0) is 11.6 Å². The van der Waals surface area contributed by atoms with Gasteiger partial charge in [0.05, 0.1) is 18.9 Å². The Bertz CT molecular complexity index is 1130. The van der Waals surface area contributed by atoms with Crippen LogP contribution in [-0.4, -0.2) is 75.4 Å². The second-order valence-corrected chi connectivity index (χ2v) is 7.67. The van der Waals surface area contributed by atoms with Crippen molar-refractivity contribution < 1.29 is 39.0 Å². The number of carbonyl (C=O) groups excluding carboxylic acids is 4. The molecule has 0 aliphatic heterocycles. The first-order chi connectivity index (χ1) is 16.5. The molecule has 0 spiro atoms. The van der Waals surface area contributed by atoms with E-state index in [0.717, 1.165) is 10.9 Å². The zero-order valence-electron chi connectivity index (χ0n) is 18.4. The number of carbonyl (C=O) groups is 6. The number of aromatic nitrogens is 1. The fourth-order valence-corrected chi connectivity index (χ4v) is 3.26. The second-order valence-electron chi connectivity index (χ2n) is 7.67. The van der Waals surface area contributed by atoms with Gasteiger partial charge >= 0.3 is 11.9 Å². The Morgan fingerprint density at radius 1 is 0.886 bits per heavy atom. The molecule has 3 atom stereocenters. The topological polar surface area (TPSA) is 247 Å². The van der Waals surface area contributed by atoms with Crippen LogP contribution in [0.25, 0.3) is 10.9 Å². The summed E-state index contributed by atoms with van der Waals surface area (Å²) in [5.41, 5.74) is 12.1. The third-order valence-electron chi connectivity index (χ3n) is 4.92. The van der Waals surface area contributed by atoms with Gasteiger partial charge in [0.1, 0.15) is 18.6 Å². The molecule has 0 saturated heterocycles. The number of carboxylic acids is 2. The van der Waals surface area contributed by atoms with Gasteiger partial charge in [0.25, 0.3) is 0 Å². The number of aliphatic carboxylic acids is 2. The summed E-state index contributed by atoms with van der Waals surface area (Å²) in [6.45, 7) is -0.704. The molecule has 0 aliphatic rings. The number of fused-ring (bicyclic) bond motifs is 1. The molecular formula is C21H26N6O8. The molecule has 1 heterocycles. The van der Waals surface area contributed by atoms with E-state index in [-0.39, 0.29) is 6.42 Å². The highest BCUT2D eigenvalue weighted by Gasteiger charge is 2.30. The number of amides is 4. The number of benzene rings is 1. The van der Waals surface area contributed by atoms with Gasteiger partial charge in [0.15, 0.2) is 0 Å². The summed E-state index contributed by atoms with van der Waals surface area (Å²) in [5.74, 6) is -6.43. The minimum Gasteiger partial charge on any atom is -0.481 e. The Hall–Kier alpha value is -4.46. The fourth-order valence-electron chi connectivity index (χ4n) is 3.26. The first kappa shape index (κ1) is 26.8. The van der Waals surface area contributed by atoms with Crippen molar-refractivity contribution in [1.29, 1.82) is 0 Å². The van der Waals surface area contributed by atoms with E-state index in [1.807, 2.05) is 0 Å². The highest BCUT2D eigenvalue weighted by Crippen LogP contribution is 2.19. The molecule has 35 heavy (non-hydrogen) atoms. The lowest BCUT2D eigenvalue weighted by Crippen LogP contribution is -2.57. The molecule has 1 aromatic carbocycles. The van der Waals surface area contributed by atoms with E-state index >= 15 is 0 Å². The molecule has 3 unspecified atom stereocenters. The van der Waals surface area contributed by atoms with E-state index in [2.05, 4.69) is 20.9 Å². The van der Waals surface area contributed by atoms with E-state index in [1.165, 1.54) is 0 Å². The summed E-state index contributed by atoms with van der Waals surface area (Å²) in [6.07, 6.45) is 0.185. The SMILES string of the molecule is NC(=O)CC(NC(=O)C(N)CC(=O)O)C(=O)NC(Cc1c[nH]c2ccccc12)C(=O)NCC(=O)O. The Morgan fingerprint density at radius 3 is 2.17 bits per heavy atom. The zero-order chi connectivity index (χ0) is 26.1. The van der Waals surface area contributed by atoms with Crippen molar-refractivity contribution >= 4 is 46.5 Å². The summed E-state index contributed by atoms with van der Waals surface area (Å²) >= 11 is 0. The summed E-state index contributed by atoms with van der Waals surface area (Å²) in [7, 11) is 0. The largest absolute Gasteiger partial charge is 0.481 e. The molecular weight excluding hydrogens is 464 g/mol. The smallest absolute Gasteiger partial charge is 0.322 e. The normalized spacial score (nSPS) is 13.3. The minimum atomic E-state index is -1.56. The number of aromatic amines is 1. The van der Waals surface area contributed by atoms with Crippen molar-refractivity contribution in [2.24, 2.45) is 11.5 Å². The van der Waals surface area contributed by atoms with Crippen molar-refractivity contribution in [3.63, 3.8) is 0 Å². The summed E-state index contributed by atoms with van der Waals surface area (Å²) in [4.78, 5) is 73.9. The molecule has 0 saturated carbocycles. The van der Waals surface area contributed by atoms with Crippen LogP contribution in [0.4, 0.5) is 0 Å². The average Bonchev–Trinajstić information content (AvgIpc) is 3.18. The van der Waals surface area contributed by atoms with Crippen LogP contribution in [-0.2, 0) is 35.2 Å². The quantitative estimate of drug-likeness (QED) is 0.148. The highest BCUT2D eigenvalue weighted by molar-refractivity contribution is 5.97. The molecule has 0 radical (unpaired) electrons. The maximum Gasteiger partial charge on any atom is 0.322 e. The van der Waals surface area contributed by atoms with E-state index in [9.17, 15) is 28.8 Å². The van der Waals surface area contributed by atoms with Crippen LogP contribution in [0.3, 0.4) is 0 Å². The van der Waals surface area contributed by atoms with Gasteiger partial charge in [-0.3, -0.25) is 28.8 Å². The van der Waals surface area contributed by atoms with Crippen molar-refractivity contribution in [3.8, 4) is 0 Å². The average molecular weight is 490 g/mol. The van der Waals surface area contributed by atoms with Gasteiger partial charge in [-0.25, -0.2) is 0 Å². The lowest BCUT2D eigenvalue weighted by atomic mass is 10.0. The predicted octanol–water partition coefficient (Wildman–Crippen LogP) is -2.44. The first-order valence-electron chi connectivity index (χ1n) is 10.4. The number of primary amides is 1. The molecule has 2 aromatic rings. The number of rotatable bonds is 13. The Morgan fingerprint density at radius 2 is 1.54 bits per heavy atom. The zero-order valence-corrected chi connectivity index (χ0v) is 18.4. The van der Waals surface area contributed by atoms with E-state index in [4.69, 9.17) is 21.7 Å². The van der Waals surface area contributed by atoms with Gasteiger partial charge in [-0.2, -0.15) is 0 Å². The molecule has 0 bridgehead atoms. The van der Waals surface area contributed by atoms with Gasteiger partial charge in [0, 0.05) is 23.5 Å². The number of nitrogens with one attached hydrogen (secondary N) is 4. The van der Waals surface area contributed by atoms with Crippen LogP contribution >= 0.6 is 0 Å². The molecule has 10 N–H and O–H groups in total. The molecule has 0 aliphatic carbocycles. The van der Waals surface area contributed by atoms with Crippen LogP contribution in [0.15, 0.2) is 30.5 Å². The summed E-state index contributed by atoms with van der Waals surface area (Å²) < 4.78 is 0. The number of carboxylic acid groups (broad SMARTS) is 2. The maximum atomic E-state index is 12.9. The highest BCUT2D eigenvalue weighted by atomic mass is 16.4. The molecule has 0 fully saturated rings. The van der Waals surface area contributed by atoms with Crippen molar-refractivity contribution in [2.75, 3.05) is 6.54 Å². The summed E-state index contributed by atoms with van der Waals surface area (Å²) in [6, 6.07) is 2.81. The molecule has 14 nitrogen and oxygen atoms in total. The Kier molecular flexibility index (Phi) is 9.28. The molecule has 188 valence electrons. The standard InChI is InChI=1S/C21H26N6O8/c22-12(6-17(29)30)19(33)26-15(7-16(23)28)21(35)27-14(20(34)25-9-18(31)32)5-10-8-24-13-4-2-1-3-11(10)13/h1-4,8,12,14-15,24H,5-7,9,22H2,(H2,23,28)(H,25,34)(H,26,33)(H,27,35)(H,29,30)(H,31,32). The van der Waals surface area contributed by atoms with Crippen molar-refractivity contribution in [1.82, 2.24) is 20.9 Å². The number of para-hydroxylation sites is 1. The second kappa shape index (κ2) is 12.1. The van der Waals surface area contributed by atoms with Crippen LogP contribution in [0.1, 0.15) is 18.4 Å². The van der Waals surface area contributed by atoms with Gasteiger partial charge in [-0.15, -0.1) is 0 Å². The minimum absolute atomic E-state index is 0.0586. The van der Waals surface area contributed by atoms with Crippen LogP contribution < -0.4 is 27.4 Å². The Balaban J connectivity index is 2.24. The molecule has 14 heteroatoms. The van der Waals surface area contributed by atoms with Crippen molar-refractivity contribution in [3.05, 3.63) is 36.0 Å². The van der Waals surface area contributed by atoms with Crippen LogP contribution in [0, 0.1) is 0 Å². The van der Waals surface area contributed by atoms with E-state index < -0.39 is 73.1 Å². The third kappa shape index (κ3) is 8.12. The van der Waals surface area contributed by atoms with Gasteiger partial charge in [-0.1, -0.05) is 18.2 Å². The molecule has 1 aromatic heterocycles. The van der Waals surface area contributed by atoms with Crippen LogP contribution in [0.2, 0.25) is 0 Å². The van der Waals surface area contributed by atoms with Gasteiger partial charge < -0.3 is 42.6 Å². The predicted molar refractivity (Wildman–Crippen MR) is 121 cm³/mol. The van der Waals surface area contributed by atoms with Crippen LogP contribution in [0.5, 0.6) is 0 Å². The lowest BCUT2D eigenvalue weighted by Gasteiger charge is -2.23. The number of hydrogen-bond donors (Lipinski definition) is 8. The lowest BCUT2D eigenvalue weighted by molar-refractivity contribution is -0.140. The molecule has 2 rings (SSSR count). The van der Waals surface area contributed by atoms with E-state index in [1.54, 1.807) is 30.5 Å². The third-order valence-corrected chi connectivity index (χ3v) is 4.92.